The minimum Gasteiger partial charge on any atom is -0.494 e. The van der Waals surface area contributed by atoms with Crippen LogP contribution in [0.15, 0.2) is 48.5 Å². The molecule has 1 unspecified atom stereocenters. The first-order valence-electron chi connectivity index (χ1n) is 8.69. The van der Waals surface area contributed by atoms with E-state index in [-0.39, 0.29) is 12.5 Å². The van der Waals surface area contributed by atoms with Crippen LogP contribution in [0.5, 0.6) is 5.75 Å². The van der Waals surface area contributed by atoms with Crippen LogP contribution in [-0.2, 0) is 22.6 Å². The van der Waals surface area contributed by atoms with Crippen molar-refractivity contribution >= 4 is 17.5 Å². The predicted molar refractivity (Wildman–Crippen MR) is 99.8 cm³/mol. The van der Waals surface area contributed by atoms with Crippen LogP contribution in [0.3, 0.4) is 0 Å². The van der Waals surface area contributed by atoms with Gasteiger partial charge in [0, 0.05) is 12.2 Å². The molecule has 6 heteroatoms. The molecule has 0 radical (unpaired) electrons. The highest BCUT2D eigenvalue weighted by atomic mass is 16.5. The topological polar surface area (TPSA) is 84.7 Å². The van der Waals surface area contributed by atoms with Crippen LogP contribution in [0.4, 0.5) is 5.69 Å². The van der Waals surface area contributed by atoms with E-state index in [4.69, 9.17) is 10.5 Å². The Morgan fingerprint density at radius 1 is 1.15 bits per heavy atom. The second-order valence-corrected chi connectivity index (χ2v) is 6.30. The number of primary amides is 1. The fourth-order valence-electron chi connectivity index (χ4n) is 3.21. The van der Waals surface area contributed by atoms with Crippen molar-refractivity contribution in [3.63, 3.8) is 0 Å². The van der Waals surface area contributed by atoms with Gasteiger partial charge in [-0.25, -0.2) is 0 Å². The van der Waals surface area contributed by atoms with Crippen molar-refractivity contribution in [3.05, 3.63) is 59.7 Å². The first-order chi connectivity index (χ1) is 12.6. The van der Waals surface area contributed by atoms with Gasteiger partial charge in [0.05, 0.1) is 19.2 Å². The Balaban J connectivity index is 1.66. The first kappa shape index (κ1) is 17.9. The fourth-order valence-corrected chi connectivity index (χ4v) is 3.21. The van der Waals surface area contributed by atoms with E-state index in [1.807, 2.05) is 48.2 Å². The first-order valence-corrected chi connectivity index (χ1v) is 8.69. The summed E-state index contributed by atoms with van der Waals surface area (Å²) in [5, 5.41) is 2.85. The van der Waals surface area contributed by atoms with E-state index in [2.05, 4.69) is 5.32 Å². The van der Waals surface area contributed by atoms with Crippen molar-refractivity contribution in [2.45, 2.75) is 25.9 Å². The monoisotopic (exact) mass is 353 g/mol. The molecule has 0 saturated carbocycles. The van der Waals surface area contributed by atoms with Crippen molar-refractivity contribution in [2.24, 2.45) is 5.73 Å². The van der Waals surface area contributed by atoms with Crippen molar-refractivity contribution in [2.75, 3.05) is 18.5 Å². The number of nitrogens with one attached hydrogen (secondary N) is 1. The number of rotatable bonds is 6. The lowest BCUT2D eigenvalue weighted by atomic mass is 9.93. The van der Waals surface area contributed by atoms with Crippen LogP contribution >= 0.6 is 0 Å². The number of nitrogens with zero attached hydrogens (tertiary/aromatic N) is 1. The van der Waals surface area contributed by atoms with Gasteiger partial charge >= 0.3 is 0 Å². The molecule has 1 heterocycles. The Morgan fingerprint density at radius 2 is 1.85 bits per heavy atom. The number of ether oxygens (including phenoxy) is 1. The van der Waals surface area contributed by atoms with Crippen molar-refractivity contribution in [3.8, 4) is 5.75 Å². The number of hydrogen-bond donors (Lipinski definition) is 2. The maximum absolute atomic E-state index is 12.4. The third-order valence-electron chi connectivity index (χ3n) is 4.47. The molecule has 2 aromatic carbocycles. The third-order valence-corrected chi connectivity index (χ3v) is 4.47. The molecule has 0 fully saturated rings. The van der Waals surface area contributed by atoms with Gasteiger partial charge in [0.1, 0.15) is 5.75 Å². The van der Waals surface area contributed by atoms with Crippen molar-refractivity contribution in [1.82, 2.24) is 4.90 Å². The lowest BCUT2D eigenvalue weighted by molar-refractivity contribution is -0.125. The number of nitrogens with two attached hydrogens (primary N) is 1. The summed E-state index contributed by atoms with van der Waals surface area (Å²) in [7, 11) is 0. The molecule has 1 atom stereocenters. The van der Waals surface area contributed by atoms with E-state index in [1.165, 1.54) is 0 Å². The van der Waals surface area contributed by atoms with Crippen LogP contribution in [-0.4, -0.2) is 35.9 Å². The molecule has 0 aliphatic carbocycles. The van der Waals surface area contributed by atoms with E-state index in [0.717, 1.165) is 16.9 Å². The van der Waals surface area contributed by atoms with Crippen molar-refractivity contribution < 1.29 is 14.3 Å². The molecule has 1 aliphatic heterocycles. The van der Waals surface area contributed by atoms with Crippen molar-refractivity contribution in [1.29, 1.82) is 0 Å². The van der Waals surface area contributed by atoms with E-state index in [9.17, 15) is 9.59 Å². The second-order valence-electron chi connectivity index (χ2n) is 6.30. The van der Waals surface area contributed by atoms with Gasteiger partial charge in [-0.3, -0.25) is 14.5 Å². The molecule has 3 rings (SSSR count). The lowest BCUT2D eigenvalue weighted by Crippen LogP contribution is -2.50. The third kappa shape index (κ3) is 4.21. The summed E-state index contributed by atoms with van der Waals surface area (Å²) >= 11 is 0. The summed E-state index contributed by atoms with van der Waals surface area (Å²) in [6.07, 6.45) is 0.530. The summed E-state index contributed by atoms with van der Waals surface area (Å²) in [6.45, 7) is 3.15. The fraction of sp³-hybridized carbons (Fsp3) is 0.300. The van der Waals surface area contributed by atoms with Gasteiger partial charge < -0.3 is 15.8 Å². The van der Waals surface area contributed by atoms with Crippen LogP contribution < -0.4 is 15.8 Å². The molecule has 6 nitrogen and oxygen atoms in total. The largest absolute Gasteiger partial charge is 0.494 e. The molecule has 136 valence electrons. The molecule has 0 spiro atoms. The minimum absolute atomic E-state index is 0.106. The van der Waals surface area contributed by atoms with Gasteiger partial charge in [0.25, 0.3) is 0 Å². The Labute approximate surface area is 152 Å². The summed E-state index contributed by atoms with van der Waals surface area (Å²) in [5.41, 5.74) is 8.48. The van der Waals surface area contributed by atoms with Gasteiger partial charge in [0.2, 0.25) is 11.8 Å². The van der Waals surface area contributed by atoms with Gasteiger partial charge in [-0.1, -0.05) is 24.3 Å². The maximum atomic E-state index is 12.4. The van der Waals surface area contributed by atoms with Crippen LogP contribution in [0.2, 0.25) is 0 Å². The Hall–Kier alpha value is -2.86. The number of hydrogen-bond acceptors (Lipinski definition) is 4. The van der Waals surface area contributed by atoms with Gasteiger partial charge in [-0.2, -0.15) is 0 Å². The van der Waals surface area contributed by atoms with Gasteiger partial charge in [0.15, 0.2) is 0 Å². The normalized spacial score (nSPS) is 16.6. The van der Waals surface area contributed by atoms with Crippen LogP contribution in [0, 0.1) is 0 Å². The zero-order valence-corrected chi connectivity index (χ0v) is 14.8. The molecule has 0 aromatic heterocycles. The number of fused-ring (bicyclic) bond motifs is 1. The van der Waals surface area contributed by atoms with E-state index in [1.54, 1.807) is 12.1 Å². The average Bonchev–Trinajstić information content (AvgIpc) is 2.63. The lowest BCUT2D eigenvalue weighted by Gasteiger charge is -2.34. The van der Waals surface area contributed by atoms with E-state index < -0.39 is 11.9 Å². The van der Waals surface area contributed by atoms with Crippen LogP contribution in [0.1, 0.15) is 18.1 Å². The number of benzene rings is 2. The molecule has 0 saturated heterocycles. The Bertz CT molecular complexity index is 789. The molecule has 0 bridgehead atoms. The number of carbonyl (C=O) groups excluding carboxylic acids is 2. The zero-order valence-electron chi connectivity index (χ0n) is 14.8. The quantitative estimate of drug-likeness (QED) is 0.831. The molecule has 2 aromatic rings. The van der Waals surface area contributed by atoms with Gasteiger partial charge in [-0.15, -0.1) is 0 Å². The molecular formula is C20H23N3O3. The zero-order chi connectivity index (χ0) is 18.5. The minimum atomic E-state index is -0.476. The Kier molecular flexibility index (Phi) is 5.53. The molecular weight excluding hydrogens is 330 g/mol. The predicted octanol–water partition coefficient (Wildman–Crippen LogP) is 1.94. The van der Waals surface area contributed by atoms with E-state index in [0.29, 0.717) is 25.3 Å². The maximum Gasteiger partial charge on any atom is 0.238 e. The highest BCUT2D eigenvalue weighted by Crippen LogP contribution is 2.23. The average molecular weight is 353 g/mol. The second kappa shape index (κ2) is 8.01. The SMILES string of the molecule is CCOc1ccc(NC(=O)CN2Cc3ccccc3CC2C(N)=O)cc1. The van der Waals surface area contributed by atoms with E-state index >= 15 is 0 Å². The summed E-state index contributed by atoms with van der Waals surface area (Å²) < 4.78 is 5.39. The molecule has 26 heavy (non-hydrogen) atoms. The van der Waals surface area contributed by atoms with Crippen LogP contribution in [0.25, 0.3) is 0 Å². The summed E-state index contributed by atoms with van der Waals surface area (Å²) in [6, 6.07) is 14.7. The smallest absolute Gasteiger partial charge is 0.238 e. The molecule has 2 amide bonds. The number of carbonyl (C=O) groups is 2. The van der Waals surface area contributed by atoms with Gasteiger partial charge in [-0.05, 0) is 48.7 Å². The summed E-state index contributed by atoms with van der Waals surface area (Å²) in [5.74, 6) is 0.167. The highest BCUT2D eigenvalue weighted by molar-refractivity contribution is 5.93. The standard InChI is InChI=1S/C20H23N3O3/c1-2-26-17-9-7-16(8-10-17)22-19(24)13-23-12-15-6-4-3-5-14(15)11-18(23)20(21)25/h3-10,18H,2,11-13H2,1H3,(H2,21,25)(H,22,24). The highest BCUT2D eigenvalue weighted by Gasteiger charge is 2.31. The Morgan fingerprint density at radius 3 is 2.50 bits per heavy atom. The summed E-state index contributed by atoms with van der Waals surface area (Å²) in [4.78, 5) is 26.1. The number of anilines is 1. The molecule has 1 aliphatic rings. The number of amides is 2. The molecule has 3 N–H and O–H groups in total.